The second-order valence-corrected chi connectivity index (χ2v) is 15.5. The van der Waals surface area contributed by atoms with Crippen molar-refractivity contribution in [2.24, 2.45) is 0 Å². The van der Waals surface area contributed by atoms with Crippen molar-refractivity contribution >= 4 is 92.6 Å². The maximum atomic E-state index is 6.60. The molecule has 0 atom stereocenters. The molecule has 56 heavy (non-hydrogen) atoms. The minimum atomic E-state index is 0.607. The minimum Gasteiger partial charge on any atom is -0.452 e. The number of nitrogens with zero attached hydrogens (tertiary/aromatic N) is 4. The first-order valence-electron chi connectivity index (χ1n) is 18.8. The molecule has 0 fully saturated rings. The number of hydrogen-bond acceptors (Lipinski definition) is 4. The zero-order chi connectivity index (χ0) is 36.5. The largest absolute Gasteiger partial charge is 0.452 e. The summed E-state index contributed by atoms with van der Waals surface area (Å²) in [6, 6.07) is 58.3. The van der Waals surface area contributed by atoms with Crippen LogP contribution >= 0.6 is 11.3 Å². The molecule has 0 saturated carbocycles. The van der Waals surface area contributed by atoms with Gasteiger partial charge in [0, 0.05) is 37.9 Å². The number of furan rings is 1. The van der Waals surface area contributed by atoms with Crippen LogP contribution in [0.15, 0.2) is 174 Å². The van der Waals surface area contributed by atoms with Gasteiger partial charge in [0.15, 0.2) is 5.58 Å². The van der Waals surface area contributed by atoms with Crippen molar-refractivity contribution in [3.8, 4) is 39.5 Å². The van der Waals surface area contributed by atoms with E-state index in [0.717, 1.165) is 60.7 Å². The minimum absolute atomic E-state index is 0.607. The van der Waals surface area contributed by atoms with Crippen molar-refractivity contribution in [1.29, 1.82) is 0 Å². The molecule has 0 saturated heterocycles. The number of rotatable bonds is 4. The number of para-hydroxylation sites is 2. The van der Waals surface area contributed by atoms with Gasteiger partial charge in [0.25, 0.3) is 0 Å². The monoisotopic (exact) mass is 732 g/mol. The van der Waals surface area contributed by atoms with E-state index in [-0.39, 0.29) is 0 Å². The Morgan fingerprint density at radius 2 is 1.09 bits per heavy atom. The predicted octanol–water partition coefficient (Wildman–Crippen LogP) is 13.7. The van der Waals surface area contributed by atoms with Gasteiger partial charge in [-0.3, -0.25) is 4.57 Å². The van der Waals surface area contributed by atoms with Gasteiger partial charge in [-0.05, 0) is 82.2 Å². The van der Waals surface area contributed by atoms with Crippen molar-refractivity contribution in [1.82, 2.24) is 18.9 Å². The molecule has 13 rings (SSSR count). The van der Waals surface area contributed by atoms with Gasteiger partial charge >= 0.3 is 0 Å². The Bertz CT molecular complexity index is 3700. The highest BCUT2D eigenvalue weighted by Crippen LogP contribution is 2.44. The zero-order valence-electron chi connectivity index (χ0n) is 29.8. The van der Waals surface area contributed by atoms with Crippen LogP contribution in [-0.4, -0.2) is 18.9 Å². The Morgan fingerprint density at radius 1 is 0.446 bits per heavy atom. The first kappa shape index (κ1) is 30.1. The molecule has 0 aliphatic carbocycles. The summed E-state index contributed by atoms with van der Waals surface area (Å²) in [6.07, 6.45) is 0. The molecule has 0 N–H and O–H groups in total. The summed E-state index contributed by atoms with van der Waals surface area (Å²) in [5, 5.41) is 9.35. The molecule has 7 aromatic carbocycles. The molecule has 6 aromatic heterocycles. The summed E-state index contributed by atoms with van der Waals surface area (Å²) < 4.78 is 12.6. The zero-order valence-corrected chi connectivity index (χ0v) is 30.6. The van der Waals surface area contributed by atoms with Crippen LogP contribution in [0.1, 0.15) is 0 Å². The van der Waals surface area contributed by atoms with Crippen LogP contribution in [-0.2, 0) is 0 Å². The van der Waals surface area contributed by atoms with E-state index in [4.69, 9.17) is 14.4 Å². The van der Waals surface area contributed by atoms with Crippen LogP contribution in [0.4, 0.5) is 0 Å². The van der Waals surface area contributed by atoms with Gasteiger partial charge in [-0.2, -0.15) is 0 Å². The molecule has 0 unspecified atom stereocenters. The van der Waals surface area contributed by atoms with Crippen molar-refractivity contribution in [2.75, 3.05) is 0 Å². The lowest BCUT2D eigenvalue weighted by Crippen LogP contribution is -2.02. The predicted molar refractivity (Wildman–Crippen MR) is 232 cm³/mol. The van der Waals surface area contributed by atoms with Gasteiger partial charge in [0.1, 0.15) is 16.8 Å². The van der Waals surface area contributed by atoms with Crippen LogP contribution in [0.5, 0.6) is 0 Å². The SMILES string of the molecule is c1ccc(-c2ccc3oc4c(-c5ccccc5)nc(-n5c6ccccc6c6cc(-c7cc8c9ccccc9n9c%10ccsc%10c(c7)c89)ccc65)nc4c3c2)cc1. The Balaban J connectivity index is 1.06. The maximum Gasteiger partial charge on any atom is 0.236 e. The lowest BCUT2D eigenvalue weighted by molar-refractivity contribution is 0.666. The summed E-state index contributed by atoms with van der Waals surface area (Å²) in [4.78, 5) is 10.7. The summed E-state index contributed by atoms with van der Waals surface area (Å²) in [6.45, 7) is 0. The van der Waals surface area contributed by atoms with E-state index in [0.29, 0.717) is 11.5 Å². The second-order valence-electron chi connectivity index (χ2n) is 14.6. The summed E-state index contributed by atoms with van der Waals surface area (Å²) in [5.74, 6) is 0.607. The second kappa shape index (κ2) is 11.1. The van der Waals surface area contributed by atoms with Crippen LogP contribution < -0.4 is 0 Å². The van der Waals surface area contributed by atoms with E-state index in [1.54, 1.807) is 0 Å². The third kappa shape index (κ3) is 4.08. The van der Waals surface area contributed by atoms with Crippen LogP contribution in [0.25, 0.3) is 121 Å². The van der Waals surface area contributed by atoms with Crippen molar-refractivity contribution < 1.29 is 4.42 Å². The number of benzene rings is 7. The third-order valence-corrected chi connectivity index (χ3v) is 12.5. The summed E-state index contributed by atoms with van der Waals surface area (Å²) >= 11 is 1.82. The molecule has 5 nitrogen and oxygen atoms in total. The molecule has 6 heteroatoms. The molecule has 0 aliphatic rings. The quantitative estimate of drug-likeness (QED) is 0.181. The van der Waals surface area contributed by atoms with Gasteiger partial charge in [-0.25, -0.2) is 9.97 Å². The van der Waals surface area contributed by atoms with Gasteiger partial charge in [0.05, 0.1) is 32.3 Å². The van der Waals surface area contributed by atoms with E-state index in [1.807, 2.05) is 35.6 Å². The molecule has 260 valence electrons. The first-order valence-corrected chi connectivity index (χ1v) is 19.7. The van der Waals surface area contributed by atoms with Crippen molar-refractivity contribution in [2.45, 2.75) is 0 Å². The number of aromatic nitrogens is 4. The maximum absolute atomic E-state index is 6.60. The number of fused-ring (bicyclic) bond motifs is 12. The fourth-order valence-electron chi connectivity index (χ4n) is 9.07. The van der Waals surface area contributed by atoms with Gasteiger partial charge < -0.3 is 8.82 Å². The van der Waals surface area contributed by atoms with Crippen molar-refractivity contribution in [3.05, 3.63) is 169 Å². The fourth-order valence-corrected chi connectivity index (χ4v) is 9.96. The van der Waals surface area contributed by atoms with Crippen LogP contribution in [0.2, 0.25) is 0 Å². The van der Waals surface area contributed by atoms with E-state index in [9.17, 15) is 0 Å². The highest BCUT2D eigenvalue weighted by Gasteiger charge is 2.23. The molecular formula is C50H28N4OS. The van der Waals surface area contributed by atoms with Crippen LogP contribution in [0.3, 0.4) is 0 Å². The molecular weight excluding hydrogens is 705 g/mol. The van der Waals surface area contributed by atoms with Gasteiger partial charge in [-0.1, -0.05) is 109 Å². The Morgan fingerprint density at radius 3 is 1.93 bits per heavy atom. The molecule has 6 heterocycles. The molecule has 0 aliphatic heterocycles. The smallest absolute Gasteiger partial charge is 0.236 e. The van der Waals surface area contributed by atoms with E-state index < -0.39 is 0 Å². The van der Waals surface area contributed by atoms with E-state index in [1.165, 1.54) is 48.5 Å². The standard InChI is InChI=1S/C50H28N4OS/c1-3-11-29(12-4-1)31-20-22-44-38(26-31)46-48(55-44)45(30-13-5-2-6-14-30)51-50(52-46)54-41-18-10-7-15-34(41)36-25-32(19-21-42(36)54)33-27-37-35-16-8-9-17-40(35)53-43-23-24-56-49(43)39(28-33)47(37)53/h1-28H. The van der Waals surface area contributed by atoms with E-state index in [2.05, 4.69) is 154 Å². The molecule has 0 spiro atoms. The molecule has 0 bridgehead atoms. The topological polar surface area (TPSA) is 48.3 Å². The van der Waals surface area contributed by atoms with Crippen LogP contribution in [0, 0.1) is 0 Å². The number of hydrogen-bond donors (Lipinski definition) is 0. The Labute approximate surface area is 323 Å². The lowest BCUT2D eigenvalue weighted by atomic mass is 9.99. The van der Waals surface area contributed by atoms with Gasteiger partial charge in [0.2, 0.25) is 5.95 Å². The summed E-state index contributed by atoms with van der Waals surface area (Å²) in [7, 11) is 0. The highest BCUT2D eigenvalue weighted by molar-refractivity contribution is 7.18. The Kier molecular flexibility index (Phi) is 5.98. The fraction of sp³-hybridized carbons (Fsp3) is 0. The molecule has 0 amide bonds. The molecule has 13 aromatic rings. The first-order chi connectivity index (χ1) is 27.8. The van der Waals surface area contributed by atoms with Gasteiger partial charge in [-0.15, -0.1) is 11.3 Å². The number of thiophene rings is 1. The third-order valence-electron chi connectivity index (χ3n) is 11.6. The Hall–Kier alpha value is -7.28. The van der Waals surface area contributed by atoms with Crippen molar-refractivity contribution in [3.63, 3.8) is 0 Å². The summed E-state index contributed by atoms with van der Waals surface area (Å²) in [5.41, 5.74) is 14.6. The highest BCUT2D eigenvalue weighted by atomic mass is 32.1. The normalized spacial score (nSPS) is 12.3. The average Bonchev–Trinajstić information content (AvgIpc) is 4.08. The average molecular weight is 733 g/mol. The molecule has 0 radical (unpaired) electrons. The lowest BCUT2D eigenvalue weighted by Gasteiger charge is -2.10. The van der Waals surface area contributed by atoms with E-state index >= 15 is 0 Å².